The molecule has 2 aliphatic rings. The third-order valence-corrected chi connectivity index (χ3v) is 22.6. The first-order valence-corrected chi connectivity index (χ1v) is 30.3. The van der Waals surface area contributed by atoms with E-state index in [4.69, 9.17) is 28.1 Å². The second-order valence-electron chi connectivity index (χ2n) is 21.1. The smallest absolute Gasteiger partial charge is 0.228 e. The number of nitrogens with zero attached hydrogens (tertiary/aromatic N) is 2. The second-order valence-corrected chi connectivity index (χ2v) is 29.3. The van der Waals surface area contributed by atoms with Crippen LogP contribution in [0.1, 0.15) is 144 Å². The fraction of sp³-hybridized carbons (Fsp3) is 0.649. The van der Waals surface area contributed by atoms with E-state index in [0.29, 0.717) is 19.8 Å². The molecule has 3 aromatic rings. The van der Waals surface area contributed by atoms with Crippen LogP contribution in [-0.2, 0) is 23.9 Å². The first kappa shape index (κ1) is 56.6. The molecule has 0 radical (unpaired) electrons. The van der Waals surface area contributed by atoms with Crippen LogP contribution in [0.4, 0.5) is 11.4 Å². The summed E-state index contributed by atoms with van der Waals surface area (Å²) in [6.45, 7) is 20.6. The van der Waals surface area contributed by atoms with Gasteiger partial charge in [0.25, 0.3) is 0 Å². The molecule has 0 aliphatic carbocycles. The number of rotatable bonds is 28. The van der Waals surface area contributed by atoms with Crippen LogP contribution in [-0.4, -0.2) is 99.3 Å². The minimum atomic E-state index is -1.26. The van der Waals surface area contributed by atoms with Crippen molar-refractivity contribution in [1.29, 1.82) is 0 Å². The van der Waals surface area contributed by atoms with Crippen molar-refractivity contribution in [2.75, 3.05) is 76.3 Å². The quantitative estimate of drug-likeness (QED) is 0.0407. The van der Waals surface area contributed by atoms with Crippen LogP contribution in [0.3, 0.4) is 0 Å². The lowest BCUT2D eigenvalue weighted by atomic mass is 9.77. The van der Waals surface area contributed by atoms with Crippen molar-refractivity contribution in [3.63, 3.8) is 0 Å². The molecule has 0 saturated heterocycles. The molecule has 0 saturated carbocycles. The normalized spacial score (nSPS) is 17.8. The summed E-state index contributed by atoms with van der Waals surface area (Å²) in [6.07, 6.45) is 32.8. The van der Waals surface area contributed by atoms with Gasteiger partial charge >= 0.3 is 0 Å². The summed E-state index contributed by atoms with van der Waals surface area (Å²) in [5.41, 5.74) is 2.40. The molecular formula is C57H92N2O6S2. The molecule has 378 valence electrons. The number of unbranched alkanes of at least 4 members (excludes halogenated alkanes) is 8. The van der Waals surface area contributed by atoms with E-state index in [0.717, 1.165) is 66.5 Å². The van der Waals surface area contributed by atoms with Crippen molar-refractivity contribution in [3.05, 3.63) is 72.3 Å². The Labute approximate surface area is 411 Å². The van der Waals surface area contributed by atoms with Gasteiger partial charge in [0.1, 0.15) is 28.4 Å². The lowest BCUT2D eigenvalue weighted by Crippen LogP contribution is -2.61. The van der Waals surface area contributed by atoms with E-state index in [2.05, 4.69) is 141 Å². The average molecular weight is 966 g/mol. The highest BCUT2D eigenvalue weighted by Gasteiger charge is 2.58. The first-order valence-electron chi connectivity index (χ1n) is 25.3. The average Bonchev–Trinajstić information content (AvgIpc) is 3.45. The molecule has 3 aromatic carbocycles. The van der Waals surface area contributed by atoms with E-state index >= 15 is 0 Å². The number of aldehydes is 1. The van der Waals surface area contributed by atoms with Crippen LogP contribution >= 0.6 is 20.3 Å². The van der Waals surface area contributed by atoms with Gasteiger partial charge in [0.2, 0.25) is 5.72 Å². The summed E-state index contributed by atoms with van der Waals surface area (Å²) in [7, 11) is 1.66. The standard InChI is InChI=1S/C34H70O4S2.C23H22N2O2/c1-11-13-15-16-17-18-19-20-21-22-24-32(30-35)31-37-28-27-36-26-23-25-33(3,4)40(9,10)38-34(5,6)39(7,8)29-14-12-2;1-22(2)18-7-5-6-8-19(18)25(3)23(22)14-24-21-17-13-16(26-4)11-9-15(17)10-12-20(21)27-23/h21-22,30,32H,11-20,23-29,31H2,1-10H3;5-14H,1-4H3/b22-21+;. The van der Waals surface area contributed by atoms with Gasteiger partial charge in [-0.25, -0.2) is 10.0 Å². The van der Waals surface area contributed by atoms with E-state index in [1.807, 2.05) is 24.4 Å². The fourth-order valence-electron chi connectivity index (χ4n) is 9.01. The van der Waals surface area contributed by atoms with Gasteiger partial charge in [0.15, 0.2) is 0 Å². The Morgan fingerprint density at radius 2 is 1.49 bits per heavy atom. The monoisotopic (exact) mass is 965 g/mol. The number of para-hydroxylation sites is 1. The van der Waals surface area contributed by atoms with Crippen LogP contribution in [0, 0.1) is 5.92 Å². The number of likely N-dealkylation sites (N-methyl/N-ethyl adjacent to an activating group) is 1. The summed E-state index contributed by atoms with van der Waals surface area (Å²) < 4.78 is 30.8. The van der Waals surface area contributed by atoms with E-state index in [1.165, 1.54) is 74.8 Å². The highest BCUT2D eigenvalue weighted by Crippen LogP contribution is 2.65. The number of aliphatic imine (C=N–C) groups is 1. The summed E-state index contributed by atoms with van der Waals surface area (Å²) in [6, 6.07) is 18.6. The number of fused-ring (bicyclic) bond motifs is 4. The Hall–Kier alpha value is -3.02. The van der Waals surface area contributed by atoms with Crippen LogP contribution in [0.5, 0.6) is 11.5 Å². The van der Waals surface area contributed by atoms with Gasteiger partial charge in [-0.15, -0.1) is 10.3 Å². The van der Waals surface area contributed by atoms with Crippen LogP contribution in [0.25, 0.3) is 10.8 Å². The Morgan fingerprint density at radius 3 is 2.18 bits per heavy atom. The third kappa shape index (κ3) is 14.5. The molecule has 2 unspecified atom stereocenters. The number of carbonyl (C=O) groups is 1. The van der Waals surface area contributed by atoms with Crippen molar-refractivity contribution in [2.24, 2.45) is 10.9 Å². The summed E-state index contributed by atoms with van der Waals surface area (Å²) >= 11 is 0. The van der Waals surface area contributed by atoms with Crippen molar-refractivity contribution in [3.8, 4) is 11.5 Å². The minimum absolute atomic E-state index is 0.0608. The molecule has 0 amide bonds. The van der Waals surface area contributed by atoms with Gasteiger partial charge in [-0.05, 0) is 132 Å². The molecule has 0 aromatic heterocycles. The minimum Gasteiger partial charge on any atom is -0.497 e. The number of carbonyl (C=O) groups excluding carboxylic acids is 1. The molecule has 8 nitrogen and oxygen atoms in total. The number of ether oxygens (including phenoxy) is 4. The number of benzene rings is 3. The van der Waals surface area contributed by atoms with Gasteiger partial charge in [-0.1, -0.05) is 115 Å². The lowest BCUT2D eigenvalue weighted by molar-refractivity contribution is -0.113. The zero-order chi connectivity index (χ0) is 49.4. The van der Waals surface area contributed by atoms with Crippen molar-refractivity contribution in [1.82, 2.24) is 0 Å². The summed E-state index contributed by atoms with van der Waals surface area (Å²) in [5, 5.41) is 2.16. The van der Waals surface area contributed by atoms with Gasteiger partial charge in [0, 0.05) is 35.4 Å². The lowest BCUT2D eigenvalue weighted by Gasteiger charge is -2.56. The van der Waals surface area contributed by atoms with Crippen molar-refractivity contribution >= 4 is 55.0 Å². The van der Waals surface area contributed by atoms with Crippen LogP contribution < -0.4 is 14.4 Å². The maximum absolute atomic E-state index is 11.4. The Morgan fingerprint density at radius 1 is 0.821 bits per heavy atom. The first-order chi connectivity index (χ1) is 31.7. The fourth-order valence-corrected chi connectivity index (χ4v) is 13.6. The zero-order valence-electron chi connectivity index (χ0n) is 44.5. The maximum atomic E-state index is 11.4. The number of methoxy groups -OCH3 is 1. The molecule has 1 spiro atoms. The highest BCUT2D eigenvalue weighted by atomic mass is 32.3. The molecular weight excluding hydrogens is 873 g/mol. The van der Waals surface area contributed by atoms with Gasteiger partial charge in [-0.3, -0.25) is 4.99 Å². The molecule has 0 bridgehead atoms. The molecule has 0 N–H and O–H groups in total. The summed E-state index contributed by atoms with van der Waals surface area (Å²) in [4.78, 5) is 18.4. The number of allylic oxidation sites excluding steroid dienone is 2. The molecule has 0 fully saturated rings. The number of anilines is 1. The van der Waals surface area contributed by atoms with Crippen LogP contribution in [0.2, 0.25) is 0 Å². The van der Waals surface area contributed by atoms with E-state index in [9.17, 15) is 4.79 Å². The molecule has 2 atom stereocenters. The molecule has 67 heavy (non-hydrogen) atoms. The SMILES string of the molecule is CCCCCCCCC/C=C/CC(C=O)COCCOCCCC(C)(C)S(C)(C)OC(C)(C)S(C)(C)CCCC.COc1ccc2ccc3c(c2c1)N=CC1(O3)N(C)c2ccccc2C1(C)C. The Bertz CT molecular complexity index is 2040. The predicted octanol–water partition coefficient (Wildman–Crippen LogP) is 15.1. The Kier molecular flexibility index (Phi) is 21.7. The molecule has 5 rings (SSSR count). The van der Waals surface area contributed by atoms with Gasteiger partial charge in [-0.2, -0.15) is 0 Å². The van der Waals surface area contributed by atoms with Gasteiger partial charge < -0.3 is 32.8 Å². The molecule has 2 aliphatic heterocycles. The summed E-state index contributed by atoms with van der Waals surface area (Å²) in [5.74, 6) is 2.82. The molecule has 2 heterocycles. The van der Waals surface area contributed by atoms with E-state index < -0.39 is 26.1 Å². The Balaban J connectivity index is 0.000000311. The third-order valence-electron chi connectivity index (χ3n) is 14.8. The predicted molar refractivity (Wildman–Crippen MR) is 295 cm³/mol. The topological polar surface area (TPSA) is 78.8 Å². The zero-order valence-corrected chi connectivity index (χ0v) is 46.1. The van der Waals surface area contributed by atoms with E-state index in [-0.39, 0.29) is 21.0 Å². The second kappa shape index (κ2) is 25.7. The van der Waals surface area contributed by atoms with E-state index in [1.54, 1.807) is 7.11 Å². The van der Waals surface area contributed by atoms with Crippen molar-refractivity contribution in [2.45, 2.75) is 160 Å². The number of hydrogen-bond acceptors (Lipinski definition) is 8. The van der Waals surface area contributed by atoms with Gasteiger partial charge in [0.05, 0.1) is 38.6 Å². The van der Waals surface area contributed by atoms with Crippen molar-refractivity contribution < 1.29 is 27.9 Å². The largest absolute Gasteiger partial charge is 0.497 e. The van der Waals surface area contributed by atoms with Crippen LogP contribution in [0.15, 0.2) is 71.7 Å². The molecule has 10 heteroatoms. The highest BCUT2D eigenvalue weighted by molar-refractivity contribution is 8.34. The maximum Gasteiger partial charge on any atom is 0.228 e. The number of hydrogen-bond donors (Lipinski definition) is 0.